The molecule has 9 nitrogen and oxygen atoms in total. The molecule has 0 radical (unpaired) electrons. The van der Waals surface area contributed by atoms with E-state index in [4.69, 9.17) is 4.42 Å². The Morgan fingerprint density at radius 3 is 2.52 bits per heavy atom. The lowest BCUT2D eigenvalue weighted by Gasteiger charge is -2.38. The van der Waals surface area contributed by atoms with Gasteiger partial charge in [0, 0.05) is 38.8 Å². The van der Waals surface area contributed by atoms with Crippen LogP contribution >= 0.6 is 0 Å². The molecule has 0 N–H and O–H groups in total. The van der Waals surface area contributed by atoms with E-state index >= 15 is 0 Å². The Balaban J connectivity index is 1.70. The van der Waals surface area contributed by atoms with E-state index in [1.54, 1.807) is 12.3 Å². The highest BCUT2D eigenvalue weighted by Gasteiger charge is 2.35. The summed E-state index contributed by atoms with van der Waals surface area (Å²) < 4.78 is 33.2. The van der Waals surface area contributed by atoms with Gasteiger partial charge in [0.05, 0.1) is 22.1 Å². The van der Waals surface area contributed by atoms with Gasteiger partial charge in [-0.1, -0.05) is 6.92 Å². The summed E-state index contributed by atoms with van der Waals surface area (Å²) in [6.45, 7) is 4.82. The van der Waals surface area contributed by atoms with Crippen LogP contribution in [0.25, 0.3) is 0 Å². The van der Waals surface area contributed by atoms with Crippen molar-refractivity contribution >= 4 is 21.4 Å². The number of piperidine rings is 1. The van der Waals surface area contributed by atoms with Crippen LogP contribution in [0.2, 0.25) is 0 Å². The summed E-state index contributed by atoms with van der Waals surface area (Å²) in [5.74, 6) is 1.22. The van der Waals surface area contributed by atoms with Crippen LogP contribution in [0.4, 0.5) is 11.4 Å². The first kappa shape index (κ1) is 21.8. The van der Waals surface area contributed by atoms with Crippen LogP contribution in [0.15, 0.2) is 45.9 Å². The molecule has 31 heavy (non-hydrogen) atoms. The Kier molecular flexibility index (Phi) is 6.05. The maximum absolute atomic E-state index is 13.1. The number of nitro groups is 1. The summed E-state index contributed by atoms with van der Waals surface area (Å²) >= 11 is 0. The summed E-state index contributed by atoms with van der Waals surface area (Å²) in [5.41, 5.74) is 0.233. The Labute approximate surface area is 182 Å². The third kappa shape index (κ3) is 4.32. The van der Waals surface area contributed by atoms with Gasteiger partial charge >= 0.3 is 0 Å². The monoisotopic (exact) mass is 448 g/mol. The van der Waals surface area contributed by atoms with Crippen LogP contribution in [0.3, 0.4) is 0 Å². The second-order valence-electron chi connectivity index (χ2n) is 8.47. The first-order chi connectivity index (χ1) is 14.8. The van der Waals surface area contributed by atoms with E-state index in [2.05, 4.69) is 11.8 Å². The highest BCUT2D eigenvalue weighted by atomic mass is 32.2. The third-order valence-corrected chi connectivity index (χ3v) is 8.18. The van der Waals surface area contributed by atoms with Crippen molar-refractivity contribution in [2.75, 3.05) is 44.7 Å². The Morgan fingerprint density at radius 1 is 1.13 bits per heavy atom. The predicted octanol–water partition coefficient (Wildman–Crippen LogP) is 3.10. The van der Waals surface area contributed by atoms with Crippen LogP contribution in [0.1, 0.15) is 31.6 Å². The molecule has 2 aromatic rings. The molecule has 2 saturated heterocycles. The van der Waals surface area contributed by atoms with Crippen molar-refractivity contribution in [2.45, 2.75) is 30.7 Å². The van der Waals surface area contributed by atoms with Gasteiger partial charge < -0.3 is 14.2 Å². The Bertz CT molecular complexity index is 1030. The van der Waals surface area contributed by atoms with Gasteiger partial charge in [0.1, 0.15) is 11.4 Å². The minimum Gasteiger partial charge on any atom is -0.467 e. The van der Waals surface area contributed by atoms with Crippen LogP contribution in [-0.2, 0) is 10.0 Å². The van der Waals surface area contributed by atoms with Gasteiger partial charge in [0.25, 0.3) is 5.69 Å². The number of hydrogen-bond acceptors (Lipinski definition) is 7. The van der Waals surface area contributed by atoms with Gasteiger partial charge in [-0.05, 0) is 50.1 Å². The van der Waals surface area contributed by atoms with Crippen molar-refractivity contribution in [3.8, 4) is 0 Å². The van der Waals surface area contributed by atoms with Gasteiger partial charge in [-0.3, -0.25) is 10.1 Å². The molecule has 2 atom stereocenters. The fraction of sp³-hybridized carbons (Fsp3) is 0.524. The van der Waals surface area contributed by atoms with Gasteiger partial charge in [0.2, 0.25) is 10.0 Å². The molecule has 2 unspecified atom stereocenters. The summed E-state index contributed by atoms with van der Waals surface area (Å²) in [6.07, 6.45) is 3.31. The van der Waals surface area contributed by atoms with Crippen molar-refractivity contribution in [3.63, 3.8) is 0 Å². The number of rotatable bonds is 5. The van der Waals surface area contributed by atoms with E-state index in [1.165, 1.54) is 16.4 Å². The summed E-state index contributed by atoms with van der Waals surface area (Å²) in [4.78, 5) is 15.5. The molecule has 0 aliphatic carbocycles. The number of furan rings is 1. The SMILES string of the molecule is CC1CCN(c2ccc(S(=O)(=O)N3CCN(C)CC3)cc2[N+](=O)[O-])C(c2ccco2)C1. The number of hydrogen-bond donors (Lipinski definition) is 0. The number of anilines is 1. The highest BCUT2D eigenvalue weighted by molar-refractivity contribution is 7.89. The number of benzene rings is 1. The van der Waals surface area contributed by atoms with E-state index in [9.17, 15) is 18.5 Å². The first-order valence-electron chi connectivity index (χ1n) is 10.5. The van der Waals surface area contributed by atoms with Crippen molar-refractivity contribution in [1.82, 2.24) is 9.21 Å². The standard InChI is InChI=1S/C21H28N4O5S/c1-16-7-8-24(20(14-16)21-4-3-13-30-21)18-6-5-17(15-19(18)25(26)27)31(28,29)23-11-9-22(2)10-12-23/h3-6,13,15-16,20H,7-12,14H2,1-2H3. The lowest BCUT2D eigenvalue weighted by Crippen LogP contribution is -2.47. The molecule has 0 saturated carbocycles. The molecule has 3 heterocycles. The second kappa shape index (κ2) is 8.60. The van der Waals surface area contributed by atoms with Crippen LogP contribution in [0.5, 0.6) is 0 Å². The van der Waals surface area contributed by atoms with E-state index in [-0.39, 0.29) is 16.6 Å². The topological polar surface area (TPSA) is 100 Å². The lowest BCUT2D eigenvalue weighted by molar-refractivity contribution is -0.384. The van der Waals surface area contributed by atoms with E-state index in [1.807, 2.05) is 24.1 Å². The lowest BCUT2D eigenvalue weighted by atomic mass is 9.90. The van der Waals surface area contributed by atoms with Gasteiger partial charge in [-0.25, -0.2) is 8.42 Å². The minimum absolute atomic E-state index is 0.0348. The zero-order valence-corrected chi connectivity index (χ0v) is 18.6. The molecule has 0 spiro atoms. The molecule has 2 aliphatic rings. The van der Waals surface area contributed by atoms with Crippen molar-refractivity contribution in [1.29, 1.82) is 0 Å². The molecule has 2 aliphatic heterocycles. The fourth-order valence-electron chi connectivity index (χ4n) is 4.41. The Morgan fingerprint density at radius 2 is 1.87 bits per heavy atom. The number of nitrogens with zero attached hydrogens (tertiary/aromatic N) is 4. The Hall–Kier alpha value is -2.43. The van der Waals surface area contributed by atoms with E-state index in [0.29, 0.717) is 44.3 Å². The molecule has 1 aromatic heterocycles. The molecule has 0 bridgehead atoms. The second-order valence-corrected chi connectivity index (χ2v) is 10.4. The molecule has 10 heteroatoms. The fourth-order valence-corrected chi connectivity index (χ4v) is 5.85. The quantitative estimate of drug-likeness (QED) is 0.512. The molecule has 4 rings (SSSR count). The summed E-state index contributed by atoms with van der Waals surface area (Å²) in [5, 5.41) is 12.0. The third-order valence-electron chi connectivity index (χ3n) is 6.29. The summed E-state index contributed by atoms with van der Waals surface area (Å²) in [6, 6.07) is 7.85. The number of nitro benzene ring substituents is 1. The van der Waals surface area contributed by atoms with Gasteiger partial charge in [0.15, 0.2) is 0 Å². The zero-order chi connectivity index (χ0) is 22.2. The average Bonchev–Trinajstić information content (AvgIpc) is 3.28. The van der Waals surface area contributed by atoms with Crippen LogP contribution < -0.4 is 4.90 Å². The zero-order valence-electron chi connectivity index (χ0n) is 17.8. The predicted molar refractivity (Wildman–Crippen MR) is 117 cm³/mol. The number of piperazine rings is 1. The normalized spacial score (nSPS) is 23.7. The average molecular weight is 449 g/mol. The largest absolute Gasteiger partial charge is 0.467 e. The molecular weight excluding hydrogens is 420 g/mol. The number of sulfonamides is 1. The van der Waals surface area contributed by atoms with Crippen molar-refractivity contribution in [2.24, 2.45) is 5.92 Å². The molecule has 0 amide bonds. The minimum atomic E-state index is -3.79. The van der Waals surface area contributed by atoms with E-state index in [0.717, 1.165) is 18.6 Å². The first-order valence-corrected chi connectivity index (χ1v) is 12.0. The molecule has 168 valence electrons. The van der Waals surface area contributed by atoms with Crippen molar-refractivity contribution < 1.29 is 17.8 Å². The smallest absolute Gasteiger partial charge is 0.293 e. The number of likely N-dealkylation sites (N-methyl/N-ethyl adjacent to an activating group) is 1. The summed E-state index contributed by atoms with van der Waals surface area (Å²) in [7, 11) is -1.85. The maximum Gasteiger partial charge on any atom is 0.293 e. The van der Waals surface area contributed by atoms with Crippen LogP contribution in [0, 0.1) is 16.0 Å². The van der Waals surface area contributed by atoms with Crippen molar-refractivity contribution in [3.05, 3.63) is 52.5 Å². The molecule has 1 aromatic carbocycles. The van der Waals surface area contributed by atoms with Gasteiger partial charge in [-0.15, -0.1) is 0 Å². The molecule has 2 fully saturated rings. The highest BCUT2D eigenvalue weighted by Crippen LogP contribution is 2.42. The maximum atomic E-state index is 13.1. The van der Waals surface area contributed by atoms with Crippen LogP contribution in [-0.4, -0.2) is 62.3 Å². The molecular formula is C21H28N4O5S. The van der Waals surface area contributed by atoms with E-state index < -0.39 is 14.9 Å². The van der Waals surface area contributed by atoms with Gasteiger partial charge in [-0.2, -0.15) is 4.31 Å².